The third-order valence-electron chi connectivity index (χ3n) is 4.13. The Kier molecular flexibility index (Phi) is 4.52. The molecule has 23 heavy (non-hydrogen) atoms. The number of nitrogens with two attached hydrogens (primary N) is 1. The summed E-state index contributed by atoms with van der Waals surface area (Å²) in [5.41, 5.74) is 7.30. The lowest BCUT2D eigenvalue weighted by Crippen LogP contribution is -2.34. The van der Waals surface area contributed by atoms with Gasteiger partial charge in [-0.25, -0.2) is 0 Å². The Balaban J connectivity index is 1.78. The average molecular weight is 316 g/mol. The lowest BCUT2D eigenvalue weighted by molar-refractivity contribution is -0.120. The zero-order valence-electron chi connectivity index (χ0n) is 13.0. The van der Waals surface area contributed by atoms with Crippen LogP contribution in [-0.4, -0.2) is 39.3 Å². The smallest absolute Gasteiger partial charge is 0.227 e. The lowest BCUT2D eigenvalue weighted by atomic mass is 9.85. The Hall–Kier alpha value is -2.48. The van der Waals surface area contributed by atoms with Gasteiger partial charge in [-0.1, -0.05) is 6.42 Å². The van der Waals surface area contributed by atoms with E-state index in [1.807, 2.05) is 0 Å². The van der Waals surface area contributed by atoms with Crippen molar-refractivity contribution in [3.8, 4) is 11.4 Å². The fourth-order valence-electron chi connectivity index (χ4n) is 2.93. The predicted octanol–water partition coefficient (Wildman–Crippen LogP) is 1.13. The molecule has 2 atom stereocenters. The molecule has 1 fully saturated rings. The summed E-state index contributed by atoms with van der Waals surface area (Å²) in [4.78, 5) is 12.4. The van der Waals surface area contributed by atoms with Gasteiger partial charge in [0.15, 0.2) is 0 Å². The molecule has 1 saturated carbocycles. The number of methoxy groups -OCH3 is 1. The molecule has 3 N–H and O–H groups in total. The molecule has 2 aromatic rings. The Morgan fingerprint density at radius 1 is 1.43 bits per heavy atom. The van der Waals surface area contributed by atoms with Crippen LogP contribution in [0.5, 0.6) is 5.75 Å². The van der Waals surface area contributed by atoms with Gasteiger partial charge in [-0.15, -0.1) is 5.10 Å². The summed E-state index contributed by atoms with van der Waals surface area (Å²) in [6.07, 6.45) is 5.09. The van der Waals surface area contributed by atoms with Crippen molar-refractivity contribution in [2.24, 2.45) is 11.7 Å². The second kappa shape index (κ2) is 6.74. The zero-order valence-corrected chi connectivity index (χ0v) is 13.0. The first-order chi connectivity index (χ1) is 11.2. The van der Waals surface area contributed by atoms with Crippen molar-refractivity contribution in [3.05, 3.63) is 24.5 Å². The second-order valence-corrected chi connectivity index (χ2v) is 5.75. The van der Waals surface area contributed by atoms with Gasteiger partial charge >= 0.3 is 0 Å². The van der Waals surface area contributed by atoms with Gasteiger partial charge in [0, 0.05) is 17.6 Å². The first kappa shape index (κ1) is 15.4. The van der Waals surface area contributed by atoms with Crippen LogP contribution < -0.4 is 15.8 Å². The summed E-state index contributed by atoms with van der Waals surface area (Å²) < 4.78 is 6.80. The van der Waals surface area contributed by atoms with E-state index in [0.29, 0.717) is 17.1 Å². The molecule has 2 unspecified atom stereocenters. The molecule has 1 amide bonds. The minimum Gasteiger partial charge on any atom is -0.494 e. The Morgan fingerprint density at radius 2 is 2.30 bits per heavy atom. The molecule has 1 aromatic carbocycles. The minimum absolute atomic E-state index is 0.00739. The first-order valence-electron chi connectivity index (χ1n) is 7.65. The summed E-state index contributed by atoms with van der Waals surface area (Å²) in [6.45, 7) is 0. The van der Waals surface area contributed by atoms with Crippen molar-refractivity contribution in [1.82, 2.24) is 20.2 Å². The van der Waals surface area contributed by atoms with E-state index in [0.717, 1.165) is 25.7 Å². The molecular weight excluding hydrogens is 296 g/mol. The van der Waals surface area contributed by atoms with Gasteiger partial charge in [-0.2, -0.15) is 4.68 Å². The first-order valence-corrected chi connectivity index (χ1v) is 7.65. The van der Waals surface area contributed by atoms with Crippen molar-refractivity contribution in [1.29, 1.82) is 0 Å². The number of hydrogen-bond donors (Lipinski definition) is 2. The van der Waals surface area contributed by atoms with Crippen LogP contribution in [0.25, 0.3) is 5.69 Å². The maximum atomic E-state index is 12.4. The van der Waals surface area contributed by atoms with Crippen LogP contribution in [0.3, 0.4) is 0 Å². The van der Waals surface area contributed by atoms with Crippen molar-refractivity contribution in [2.75, 3.05) is 12.4 Å². The maximum Gasteiger partial charge on any atom is 0.227 e. The number of carbonyl (C=O) groups excluding carboxylic acids is 1. The normalized spacial score (nSPS) is 21.0. The molecule has 0 aliphatic heterocycles. The number of ether oxygens (including phenoxy) is 1. The van der Waals surface area contributed by atoms with Crippen LogP contribution in [0.4, 0.5) is 5.69 Å². The molecule has 0 saturated heterocycles. The van der Waals surface area contributed by atoms with E-state index >= 15 is 0 Å². The summed E-state index contributed by atoms with van der Waals surface area (Å²) in [6, 6.07) is 5.48. The van der Waals surface area contributed by atoms with E-state index in [-0.39, 0.29) is 17.9 Å². The Morgan fingerprint density at radius 3 is 3.00 bits per heavy atom. The van der Waals surface area contributed by atoms with E-state index in [4.69, 9.17) is 10.5 Å². The number of benzene rings is 1. The number of amides is 1. The van der Waals surface area contributed by atoms with Crippen LogP contribution in [0.15, 0.2) is 24.5 Å². The van der Waals surface area contributed by atoms with E-state index < -0.39 is 0 Å². The summed E-state index contributed by atoms with van der Waals surface area (Å²) >= 11 is 0. The molecule has 0 spiro atoms. The molecule has 8 nitrogen and oxygen atoms in total. The predicted molar refractivity (Wildman–Crippen MR) is 84.3 cm³/mol. The van der Waals surface area contributed by atoms with Crippen LogP contribution in [0, 0.1) is 5.92 Å². The van der Waals surface area contributed by atoms with Gasteiger partial charge in [-0.3, -0.25) is 4.79 Å². The third kappa shape index (κ3) is 3.48. The number of carbonyl (C=O) groups is 1. The Bertz CT molecular complexity index is 673. The number of rotatable bonds is 4. The van der Waals surface area contributed by atoms with Gasteiger partial charge in [0.25, 0.3) is 0 Å². The van der Waals surface area contributed by atoms with E-state index in [1.54, 1.807) is 25.3 Å². The number of nitrogens with one attached hydrogen (secondary N) is 1. The number of tetrazole rings is 1. The van der Waals surface area contributed by atoms with E-state index in [2.05, 4.69) is 20.8 Å². The summed E-state index contributed by atoms with van der Waals surface area (Å²) in [5.74, 6) is 0.598. The second-order valence-electron chi connectivity index (χ2n) is 5.75. The lowest BCUT2D eigenvalue weighted by Gasteiger charge is -2.25. The van der Waals surface area contributed by atoms with Gasteiger partial charge in [0.05, 0.1) is 7.11 Å². The van der Waals surface area contributed by atoms with Crippen molar-refractivity contribution >= 4 is 11.6 Å². The summed E-state index contributed by atoms with van der Waals surface area (Å²) in [7, 11) is 1.57. The highest BCUT2D eigenvalue weighted by Gasteiger charge is 2.25. The average Bonchev–Trinajstić information content (AvgIpc) is 3.09. The molecule has 122 valence electrons. The fourth-order valence-corrected chi connectivity index (χ4v) is 2.93. The number of hydrogen-bond acceptors (Lipinski definition) is 6. The zero-order chi connectivity index (χ0) is 16.2. The highest BCUT2D eigenvalue weighted by Crippen LogP contribution is 2.28. The topological polar surface area (TPSA) is 108 Å². The quantitative estimate of drug-likeness (QED) is 0.875. The van der Waals surface area contributed by atoms with Gasteiger partial charge < -0.3 is 15.8 Å². The van der Waals surface area contributed by atoms with Crippen LogP contribution in [-0.2, 0) is 4.79 Å². The van der Waals surface area contributed by atoms with Crippen molar-refractivity contribution < 1.29 is 9.53 Å². The van der Waals surface area contributed by atoms with Gasteiger partial charge in [0.1, 0.15) is 17.8 Å². The highest BCUT2D eigenvalue weighted by molar-refractivity contribution is 5.93. The van der Waals surface area contributed by atoms with E-state index in [1.165, 1.54) is 11.0 Å². The van der Waals surface area contributed by atoms with Crippen LogP contribution >= 0.6 is 0 Å². The van der Waals surface area contributed by atoms with Crippen LogP contribution in [0.1, 0.15) is 25.7 Å². The third-order valence-corrected chi connectivity index (χ3v) is 4.13. The number of nitrogens with zero attached hydrogens (tertiary/aromatic N) is 4. The fraction of sp³-hybridized carbons (Fsp3) is 0.467. The molecular formula is C15H20N6O2. The Labute approximate surface area is 134 Å². The molecule has 1 aliphatic rings. The van der Waals surface area contributed by atoms with Gasteiger partial charge in [-0.05, 0) is 47.9 Å². The largest absolute Gasteiger partial charge is 0.494 e. The number of aromatic nitrogens is 4. The van der Waals surface area contributed by atoms with E-state index in [9.17, 15) is 4.79 Å². The van der Waals surface area contributed by atoms with Crippen molar-refractivity contribution in [2.45, 2.75) is 31.7 Å². The molecule has 1 aromatic heterocycles. The highest BCUT2D eigenvalue weighted by atomic mass is 16.5. The molecule has 0 radical (unpaired) electrons. The van der Waals surface area contributed by atoms with Crippen LogP contribution in [0.2, 0.25) is 0 Å². The molecule has 1 heterocycles. The number of anilines is 1. The van der Waals surface area contributed by atoms with Gasteiger partial charge in [0.2, 0.25) is 5.91 Å². The molecule has 8 heteroatoms. The molecule has 3 rings (SSSR count). The molecule has 0 bridgehead atoms. The monoisotopic (exact) mass is 316 g/mol. The standard InChI is InChI=1S/C15H20N6O2/c1-23-14-6-5-12(8-13(14)21-9-17-19-20-21)18-15(22)10-3-2-4-11(16)7-10/h5-6,8-11H,2-4,7,16H2,1H3,(H,18,22). The SMILES string of the molecule is COc1ccc(NC(=O)C2CCCC(N)C2)cc1-n1cnnn1. The minimum atomic E-state index is -0.0302. The maximum absolute atomic E-state index is 12.4. The molecule has 1 aliphatic carbocycles. The van der Waals surface area contributed by atoms with Crippen molar-refractivity contribution in [3.63, 3.8) is 0 Å². The summed E-state index contributed by atoms with van der Waals surface area (Å²) in [5, 5.41) is 14.1.